The van der Waals surface area contributed by atoms with Crippen molar-refractivity contribution in [2.24, 2.45) is 0 Å². The Kier molecular flexibility index (Phi) is 11.4. The van der Waals surface area contributed by atoms with Crippen LogP contribution in [-0.4, -0.2) is 75.8 Å². The van der Waals surface area contributed by atoms with Gasteiger partial charge >= 0.3 is 6.18 Å². The fraction of sp³-hybridized carbons (Fsp3) is 0.414. The van der Waals surface area contributed by atoms with E-state index >= 15 is 0 Å². The first-order valence-electron chi connectivity index (χ1n) is 13.8. The number of hydrogen-bond acceptors (Lipinski definition) is 9. The summed E-state index contributed by atoms with van der Waals surface area (Å²) in [4.78, 5) is 22.8. The van der Waals surface area contributed by atoms with Crippen LogP contribution in [0.1, 0.15) is 40.9 Å². The largest absolute Gasteiger partial charge is 0.495 e. The summed E-state index contributed by atoms with van der Waals surface area (Å²) in [5.41, 5.74) is 1.11. The van der Waals surface area contributed by atoms with Gasteiger partial charge in [-0.3, -0.25) is 9.10 Å². The summed E-state index contributed by atoms with van der Waals surface area (Å²) in [7, 11) is -0.856. The molecule has 1 aromatic heterocycles. The number of amides is 1. The Labute approximate surface area is 255 Å². The topological polar surface area (TPSA) is 129 Å². The number of carbonyl (C=O) groups excluding carboxylic acids is 1. The number of rotatable bonds is 14. The van der Waals surface area contributed by atoms with E-state index in [-0.39, 0.29) is 24.1 Å². The molecule has 3 aromatic rings. The Hall–Kier alpha value is -4.11. The third-order valence-electron chi connectivity index (χ3n) is 6.94. The van der Waals surface area contributed by atoms with Crippen molar-refractivity contribution >= 4 is 39.1 Å². The molecule has 0 aliphatic rings. The summed E-state index contributed by atoms with van der Waals surface area (Å²) in [6.07, 6.45) is -3.07. The molecule has 0 aliphatic heterocycles. The maximum Gasteiger partial charge on any atom is 0.421 e. The van der Waals surface area contributed by atoms with E-state index in [2.05, 4.69) is 30.8 Å². The highest BCUT2D eigenvalue weighted by Gasteiger charge is 2.35. The number of aromatic nitrogens is 2. The van der Waals surface area contributed by atoms with Crippen LogP contribution in [0, 0.1) is 6.92 Å². The standard InChI is InChI=1S/C29H38F3N7O4S/c1-7-39(8-2)14-13-33-27(40)20-11-12-23(25(16-20)43-5)36-28-35-18-22(29(30,31)32)26(37-28)34-17-21-10-9-19(3)15-24(21)38(4)44(6,41)42/h9-12,15-16,18H,7-8,13-14,17H2,1-6H3,(H,33,40)(H2,34,35,36,37). The van der Waals surface area contributed by atoms with Crippen molar-refractivity contribution < 1.29 is 31.1 Å². The molecule has 240 valence electrons. The molecule has 0 saturated carbocycles. The van der Waals surface area contributed by atoms with Gasteiger partial charge in [-0.2, -0.15) is 18.2 Å². The Morgan fingerprint density at radius 2 is 1.80 bits per heavy atom. The van der Waals surface area contributed by atoms with Crippen molar-refractivity contribution in [1.82, 2.24) is 20.2 Å². The summed E-state index contributed by atoms with van der Waals surface area (Å²) in [6, 6.07) is 9.62. The first-order valence-corrected chi connectivity index (χ1v) is 15.7. The van der Waals surface area contributed by atoms with Crippen molar-refractivity contribution in [3.05, 3.63) is 64.8 Å². The van der Waals surface area contributed by atoms with Crippen LogP contribution in [0.2, 0.25) is 0 Å². The van der Waals surface area contributed by atoms with Crippen molar-refractivity contribution in [3.8, 4) is 5.75 Å². The van der Waals surface area contributed by atoms with E-state index in [0.717, 1.165) is 29.2 Å². The van der Waals surface area contributed by atoms with E-state index in [0.29, 0.717) is 41.8 Å². The van der Waals surface area contributed by atoms with Crippen LogP contribution < -0.4 is 25.0 Å². The molecular weight excluding hydrogens is 599 g/mol. The number of halogens is 3. The van der Waals surface area contributed by atoms with Crippen molar-refractivity contribution in [2.45, 2.75) is 33.5 Å². The van der Waals surface area contributed by atoms with Crippen molar-refractivity contribution in [2.75, 3.05) is 61.5 Å². The third-order valence-corrected chi connectivity index (χ3v) is 8.13. The zero-order chi connectivity index (χ0) is 32.7. The van der Waals surface area contributed by atoms with E-state index < -0.39 is 27.6 Å². The van der Waals surface area contributed by atoms with Crippen molar-refractivity contribution in [3.63, 3.8) is 0 Å². The maximum atomic E-state index is 13.9. The number of likely N-dealkylation sites (N-methyl/N-ethyl adjacent to an activating group) is 1. The summed E-state index contributed by atoms with van der Waals surface area (Å²) in [6.45, 7) is 8.63. The predicted octanol–water partition coefficient (Wildman–Crippen LogP) is 4.64. The number of ether oxygens (including phenoxy) is 1. The average Bonchev–Trinajstić information content (AvgIpc) is 2.97. The number of anilines is 4. The van der Waals surface area contributed by atoms with Crippen LogP contribution >= 0.6 is 0 Å². The van der Waals surface area contributed by atoms with Crippen LogP contribution in [0.3, 0.4) is 0 Å². The number of nitrogens with one attached hydrogen (secondary N) is 3. The van der Waals surface area contributed by atoms with E-state index in [9.17, 15) is 26.4 Å². The number of alkyl halides is 3. The zero-order valence-electron chi connectivity index (χ0n) is 25.5. The minimum Gasteiger partial charge on any atom is -0.495 e. The normalized spacial score (nSPS) is 11.8. The Balaban J connectivity index is 1.85. The lowest BCUT2D eigenvalue weighted by atomic mass is 10.1. The Morgan fingerprint density at radius 1 is 1.09 bits per heavy atom. The molecule has 0 unspecified atom stereocenters. The number of carbonyl (C=O) groups is 1. The molecule has 1 amide bonds. The second-order valence-corrected chi connectivity index (χ2v) is 12.0. The molecule has 2 aromatic carbocycles. The average molecular weight is 638 g/mol. The minimum atomic E-state index is -4.77. The summed E-state index contributed by atoms with van der Waals surface area (Å²) in [5.74, 6) is -0.705. The fourth-order valence-electron chi connectivity index (χ4n) is 4.28. The first kappa shape index (κ1) is 34.4. The first-order chi connectivity index (χ1) is 20.7. The zero-order valence-corrected chi connectivity index (χ0v) is 26.4. The molecule has 3 rings (SSSR count). The van der Waals surface area contributed by atoms with E-state index in [1.54, 1.807) is 37.3 Å². The second-order valence-electron chi connectivity index (χ2n) is 9.99. The van der Waals surface area contributed by atoms with Gasteiger partial charge in [-0.05, 0) is 55.4 Å². The number of aryl methyl sites for hydroxylation is 1. The highest BCUT2D eigenvalue weighted by molar-refractivity contribution is 7.92. The molecule has 0 saturated heterocycles. The summed E-state index contributed by atoms with van der Waals surface area (Å²) < 4.78 is 72.4. The Bertz CT molecular complexity index is 1560. The summed E-state index contributed by atoms with van der Waals surface area (Å²) in [5, 5.41) is 8.42. The number of benzene rings is 2. The minimum absolute atomic E-state index is 0.156. The molecule has 15 heteroatoms. The van der Waals surface area contributed by atoms with Gasteiger partial charge < -0.3 is 25.6 Å². The summed E-state index contributed by atoms with van der Waals surface area (Å²) >= 11 is 0. The highest BCUT2D eigenvalue weighted by atomic mass is 32.2. The molecule has 3 N–H and O–H groups in total. The highest BCUT2D eigenvalue weighted by Crippen LogP contribution is 2.35. The van der Waals surface area contributed by atoms with Gasteiger partial charge in [-0.1, -0.05) is 26.0 Å². The molecule has 44 heavy (non-hydrogen) atoms. The van der Waals surface area contributed by atoms with Gasteiger partial charge in [0.15, 0.2) is 0 Å². The molecule has 1 heterocycles. The van der Waals surface area contributed by atoms with E-state index in [1.807, 2.05) is 13.8 Å². The monoisotopic (exact) mass is 637 g/mol. The van der Waals surface area contributed by atoms with Gasteiger partial charge in [0.05, 0.1) is 24.7 Å². The van der Waals surface area contributed by atoms with Crippen LogP contribution in [0.15, 0.2) is 42.6 Å². The number of sulfonamides is 1. The molecule has 0 radical (unpaired) electrons. The molecule has 0 atom stereocenters. The molecular formula is C29H38F3N7O4S. The van der Waals surface area contributed by atoms with Gasteiger partial charge in [0.2, 0.25) is 16.0 Å². The van der Waals surface area contributed by atoms with E-state index in [4.69, 9.17) is 4.74 Å². The van der Waals surface area contributed by atoms with Gasteiger partial charge in [-0.25, -0.2) is 13.4 Å². The van der Waals surface area contributed by atoms with Gasteiger partial charge in [0.25, 0.3) is 5.91 Å². The van der Waals surface area contributed by atoms with Crippen LogP contribution in [0.25, 0.3) is 0 Å². The number of methoxy groups -OCH3 is 1. The van der Waals surface area contributed by atoms with Crippen LogP contribution in [0.5, 0.6) is 5.75 Å². The van der Waals surface area contributed by atoms with Crippen LogP contribution in [-0.2, 0) is 22.7 Å². The lowest BCUT2D eigenvalue weighted by Gasteiger charge is -2.22. The van der Waals surface area contributed by atoms with Crippen LogP contribution in [0.4, 0.5) is 36.3 Å². The predicted molar refractivity (Wildman–Crippen MR) is 165 cm³/mol. The second kappa shape index (κ2) is 14.6. The SMILES string of the molecule is CCN(CC)CCNC(=O)c1ccc(Nc2ncc(C(F)(F)F)c(NCc3ccc(C)cc3N(C)S(C)(=O)=O)n2)c(OC)c1. The smallest absolute Gasteiger partial charge is 0.421 e. The molecule has 0 spiro atoms. The molecule has 0 fully saturated rings. The number of nitrogens with zero attached hydrogens (tertiary/aromatic N) is 4. The molecule has 11 nitrogen and oxygen atoms in total. The number of hydrogen-bond donors (Lipinski definition) is 3. The van der Waals surface area contributed by atoms with Crippen molar-refractivity contribution in [1.29, 1.82) is 0 Å². The molecule has 0 bridgehead atoms. The lowest BCUT2D eigenvalue weighted by Crippen LogP contribution is -2.34. The molecule has 0 aliphatic carbocycles. The van der Waals surface area contributed by atoms with Gasteiger partial charge in [-0.15, -0.1) is 0 Å². The fourth-order valence-corrected chi connectivity index (χ4v) is 4.81. The van der Waals surface area contributed by atoms with Gasteiger partial charge in [0.1, 0.15) is 17.1 Å². The lowest BCUT2D eigenvalue weighted by molar-refractivity contribution is -0.137. The quantitative estimate of drug-likeness (QED) is 0.232. The maximum absolute atomic E-state index is 13.9. The van der Waals surface area contributed by atoms with E-state index in [1.165, 1.54) is 20.2 Å². The third kappa shape index (κ3) is 8.95. The Morgan fingerprint density at radius 3 is 2.41 bits per heavy atom. The van der Waals surface area contributed by atoms with Gasteiger partial charge in [0, 0.05) is 38.4 Å².